The maximum absolute atomic E-state index is 13.8. The maximum Gasteiger partial charge on any atom is 0.352 e. The predicted octanol–water partition coefficient (Wildman–Crippen LogP) is 1.26. The Morgan fingerprint density at radius 1 is 1.55 bits per heavy atom. The molecule has 2 N–H and O–H groups in total. The smallest absolute Gasteiger partial charge is 0.352 e. The molecule has 1 aliphatic carbocycles. The quantitative estimate of drug-likeness (QED) is 0.854. The highest BCUT2D eigenvalue weighted by Crippen LogP contribution is 2.44. The summed E-state index contributed by atoms with van der Waals surface area (Å²) in [6, 6.07) is 4.83. The molecule has 7 heteroatoms. The van der Waals surface area contributed by atoms with Crippen molar-refractivity contribution in [3.8, 4) is 5.88 Å². The summed E-state index contributed by atoms with van der Waals surface area (Å²) >= 11 is 0. The number of amides is 1. The Morgan fingerprint density at radius 2 is 2.25 bits per heavy atom. The Hall–Kier alpha value is -1.76. The van der Waals surface area contributed by atoms with Gasteiger partial charge in [-0.2, -0.15) is 8.78 Å². The zero-order valence-corrected chi connectivity index (χ0v) is 11.0. The molecule has 0 spiro atoms. The van der Waals surface area contributed by atoms with Gasteiger partial charge in [0, 0.05) is 6.07 Å². The minimum atomic E-state index is -3.79. The van der Waals surface area contributed by atoms with E-state index in [0.717, 1.165) is 0 Å². The molecule has 1 aromatic rings. The Labute approximate surface area is 115 Å². The molecule has 20 heavy (non-hydrogen) atoms. The zero-order chi connectivity index (χ0) is 14.8. The van der Waals surface area contributed by atoms with Crippen LogP contribution in [-0.2, 0) is 11.3 Å². The normalized spacial score (nSPS) is 17.2. The molecule has 1 heterocycles. The van der Waals surface area contributed by atoms with Crippen LogP contribution in [0.5, 0.6) is 5.88 Å². The molecule has 0 radical (unpaired) electrons. The first-order valence-corrected chi connectivity index (χ1v) is 6.27. The van der Waals surface area contributed by atoms with Gasteiger partial charge in [0.15, 0.2) is 0 Å². The molecule has 110 valence electrons. The minimum Gasteiger partial charge on any atom is -0.481 e. The fourth-order valence-electron chi connectivity index (χ4n) is 1.99. The summed E-state index contributed by atoms with van der Waals surface area (Å²) in [5, 5.41) is 11.7. The van der Waals surface area contributed by atoms with E-state index in [4.69, 9.17) is 4.74 Å². The molecule has 2 rings (SSSR count). The number of carbonyl (C=O) groups is 1. The van der Waals surface area contributed by atoms with Crippen molar-refractivity contribution in [2.75, 3.05) is 7.11 Å². The predicted molar refractivity (Wildman–Crippen MR) is 66.4 cm³/mol. The van der Waals surface area contributed by atoms with Crippen molar-refractivity contribution < 1.29 is 23.4 Å². The number of aliphatic hydroxyl groups is 1. The van der Waals surface area contributed by atoms with Gasteiger partial charge in [0.05, 0.1) is 19.3 Å². The number of nitrogens with zero attached hydrogens (tertiary/aromatic N) is 1. The van der Waals surface area contributed by atoms with Crippen LogP contribution in [0.3, 0.4) is 0 Å². The summed E-state index contributed by atoms with van der Waals surface area (Å²) in [6.45, 7) is -0.151. The molecular weight excluding hydrogens is 270 g/mol. The van der Waals surface area contributed by atoms with Gasteiger partial charge in [-0.25, -0.2) is 4.98 Å². The first-order chi connectivity index (χ1) is 9.39. The molecule has 0 saturated heterocycles. The summed E-state index contributed by atoms with van der Waals surface area (Å²) in [5.41, 5.74) is -1.81. The van der Waals surface area contributed by atoms with Crippen molar-refractivity contribution in [2.24, 2.45) is 0 Å². The Kier molecular flexibility index (Phi) is 3.89. The van der Waals surface area contributed by atoms with E-state index in [-0.39, 0.29) is 19.4 Å². The molecule has 0 unspecified atom stereocenters. The van der Waals surface area contributed by atoms with E-state index in [1.807, 2.05) is 0 Å². The molecule has 0 atom stereocenters. The van der Waals surface area contributed by atoms with Gasteiger partial charge in [0.1, 0.15) is 5.60 Å². The summed E-state index contributed by atoms with van der Waals surface area (Å²) < 4.78 is 32.5. The monoisotopic (exact) mass is 286 g/mol. The average Bonchev–Trinajstić information content (AvgIpc) is 2.42. The summed E-state index contributed by atoms with van der Waals surface area (Å²) in [6.07, 6.45) is 0.368. The number of rotatable bonds is 5. The third kappa shape index (κ3) is 2.58. The third-order valence-electron chi connectivity index (χ3n) is 3.47. The molecular formula is C13H16F2N2O3. The minimum absolute atomic E-state index is 0.0647. The zero-order valence-electron chi connectivity index (χ0n) is 11.0. The second kappa shape index (κ2) is 5.32. The van der Waals surface area contributed by atoms with Crippen molar-refractivity contribution in [3.05, 3.63) is 23.9 Å². The van der Waals surface area contributed by atoms with Gasteiger partial charge in [-0.05, 0) is 25.3 Å². The van der Waals surface area contributed by atoms with Crippen molar-refractivity contribution in [1.82, 2.24) is 10.3 Å². The molecule has 0 aliphatic heterocycles. The molecule has 0 bridgehead atoms. The number of hydrogen-bond donors (Lipinski definition) is 2. The Balaban J connectivity index is 1.97. The van der Waals surface area contributed by atoms with E-state index in [1.54, 1.807) is 18.2 Å². The topological polar surface area (TPSA) is 71.5 Å². The average molecular weight is 286 g/mol. The number of methoxy groups -OCH3 is 1. The molecule has 5 nitrogen and oxygen atoms in total. The summed E-state index contributed by atoms with van der Waals surface area (Å²) in [7, 11) is 1.44. The lowest BCUT2D eigenvalue weighted by Crippen LogP contribution is -2.60. The summed E-state index contributed by atoms with van der Waals surface area (Å²) in [4.78, 5) is 15.5. The van der Waals surface area contributed by atoms with Crippen LogP contribution in [0.4, 0.5) is 8.78 Å². The standard InChI is InChI=1S/C13H16F2N2O3/c1-20-10-5-2-4-9(17-10)8-16-11(18)13(14,15)12(19)6-3-7-12/h2,4-5,19H,3,6-8H2,1H3,(H,16,18). The molecule has 1 aliphatic rings. The lowest BCUT2D eigenvalue weighted by molar-refractivity contribution is -0.216. The fourth-order valence-corrected chi connectivity index (χ4v) is 1.99. The number of halogens is 2. The second-order valence-electron chi connectivity index (χ2n) is 4.81. The van der Waals surface area contributed by atoms with E-state index < -0.39 is 17.4 Å². The molecule has 1 amide bonds. The highest BCUT2D eigenvalue weighted by atomic mass is 19.3. The van der Waals surface area contributed by atoms with Crippen LogP contribution in [0, 0.1) is 0 Å². The van der Waals surface area contributed by atoms with Crippen LogP contribution in [0.1, 0.15) is 25.0 Å². The first kappa shape index (κ1) is 14.6. The van der Waals surface area contributed by atoms with E-state index in [1.165, 1.54) is 7.11 Å². The van der Waals surface area contributed by atoms with E-state index in [9.17, 15) is 18.7 Å². The van der Waals surface area contributed by atoms with Gasteiger partial charge >= 0.3 is 5.92 Å². The van der Waals surface area contributed by atoms with Crippen LogP contribution in [0.2, 0.25) is 0 Å². The number of alkyl halides is 2. The van der Waals surface area contributed by atoms with Crippen molar-refractivity contribution in [3.63, 3.8) is 0 Å². The maximum atomic E-state index is 13.8. The number of aromatic nitrogens is 1. The van der Waals surface area contributed by atoms with Gasteiger partial charge < -0.3 is 15.2 Å². The summed E-state index contributed by atoms with van der Waals surface area (Å²) in [5.74, 6) is -4.94. The van der Waals surface area contributed by atoms with Crippen LogP contribution in [0.15, 0.2) is 18.2 Å². The first-order valence-electron chi connectivity index (χ1n) is 6.27. The lowest BCUT2D eigenvalue weighted by atomic mass is 9.75. The van der Waals surface area contributed by atoms with E-state index >= 15 is 0 Å². The van der Waals surface area contributed by atoms with Gasteiger partial charge in [-0.3, -0.25) is 4.79 Å². The van der Waals surface area contributed by atoms with Crippen molar-refractivity contribution >= 4 is 5.91 Å². The Morgan fingerprint density at radius 3 is 2.80 bits per heavy atom. The second-order valence-corrected chi connectivity index (χ2v) is 4.81. The van der Waals surface area contributed by atoms with Crippen LogP contribution in [-0.4, -0.2) is 34.6 Å². The number of carbonyl (C=O) groups excluding carboxylic acids is 1. The number of nitrogens with one attached hydrogen (secondary N) is 1. The number of ether oxygens (including phenoxy) is 1. The van der Waals surface area contributed by atoms with Crippen LogP contribution >= 0.6 is 0 Å². The fraction of sp³-hybridized carbons (Fsp3) is 0.538. The van der Waals surface area contributed by atoms with Crippen molar-refractivity contribution in [2.45, 2.75) is 37.3 Å². The van der Waals surface area contributed by atoms with E-state index in [2.05, 4.69) is 10.3 Å². The molecule has 1 fully saturated rings. The van der Waals surface area contributed by atoms with Gasteiger partial charge in [0.25, 0.3) is 5.91 Å². The highest BCUT2D eigenvalue weighted by molar-refractivity contribution is 5.85. The molecule has 1 saturated carbocycles. The molecule has 0 aromatic carbocycles. The lowest BCUT2D eigenvalue weighted by Gasteiger charge is -2.41. The van der Waals surface area contributed by atoms with Crippen LogP contribution in [0.25, 0.3) is 0 Å². The van der Waals surface area contributed by atoms with Crippen molar-refractivity contribution in [1.29, 1.82) is 0 Å². The Bertz CT molecular complexity index is 504. The molecule has 1 aromatic heterocycles. The van der Waals surface area contributed by atoms with Gasteiger partial charge in [-0.15, -0.1) is 0 Å². The highest BCUT2D eigenvalue weighted by Gasteiger charge is 2.61. The number of pyridine rings is 1. The van der Waals surface area contributed by atoms with Gasteiger partial charge in [0.2, 0.25) is 5.88 Å². The third-order valence-corrected chi connectivity index (χ3v) is 3.47. The number of hydrogen-bond acceptors (Lipinski definition) is 4. The van der Waals surface area contributed by atoms with E-state index in [0.29, 0.717) is 18.0 Å². The van der Waals surface area contributed by atoms with Crippen LogP contribution < -0.4 is 10.1 Å². The SMILES string of the molecule is COc1cccc(CNC(=O)C(F)(F)C2(O)CCC2)n1. The largest absolute Gasteiger partial charge is 0.481 e. The van der Waals surface area contributed by atoms with Gasteiger partial charge in [-0.1, -0.05) is 6.07 Å².